The first-order valence-electron chi connectivity index (χ1n) is 7.22. The fourth-order valence-electron chi connectivity index (χ4n) is 2.01. The molecule has 2 rings (SSSR count). The number of halogens is 1. The van der Waals surface area contributed by atoms with Crippen LogP contribution < -0.4 is 5.32 Å². The summed E-state index contributed by atoms with van der Waals surface area (Å²) in [6, 6.07) is 5.77. The normalized spacial score (nSPS) is 10.4. The molecule has 0 radical (unpaired) electrons. The fraction of sp³-hybridized carbons (Fsp3) is 0.312. The average molecular weight is 335 g/mol. The lowest BCUT2D eigenvalue weighted by Crippen LogP contribution is -2.38. The van der Waals surface area contributed by atoms with Crippen LogP contribution in [0.15, 0.2) is 29.6 Å². The van der Waals surface area contributed by atoms with Crippen molar-refractivity contribution in [2.75, 3.05) is 18.4 Å². The number of likely N-dealkylation sites (N-methyl/N-ethyl adjacent to an activating group) is 1. The molecule has 23 heavy (non-hydrogen) atoms. The maximum Gasteiger partial charge on any atom is 0.245 e. The van der Waals surface area contributed by atoms with Crippen LogP contribution in [0, 0.1) is 12.7 Å². The second-order valence-electron chi connectivity index (χ2n) is 5.05. The predicted molar refractivity (Wildman–Crippen MR) is 87.8 cm³/mol. The molecule has 0 atom stereocenters. The van der Waals surface area contributed by atoms with E-state index in [0.29, 0.717) is 17.2 Å². The number of carbonyl (C=O) groups is 2. The van der Waals surface area contributed by atoms with Crippen LogP contribution in [0.3, 0.4) is 0 Å². The summed E-state index contributed by atoms with van der Waals surface area (Å²) in [5.41, 5.74) is 1.55. The topological polar surface area (TPSA) is 62.3 Å². The van der Waals surface area contributed by atoms with Gasteiger partial charge in [-0.15, -0.1) is 11.3 Å². The molecule has 0 saturated heterocycles. The van der Waals surface area contributed by atoms with Crippen molar-refractivity contribution >= 4 is 28.3 Å². The standard InChI is InChI=1S/C16H18FN3O2S/c1-3-20(9-14(21)19-16-18-11(2)10-23-16)15(22)8-12-4-6-13(17)7-5-12/h4-7,10H,3,8-9H2,1-2H3,(H,18,19,21). The molecular formula is C16H18FN3O2S. The van der Waals surface area contributed by atoms with E-state index in [9.17, 15) is 14.0 Å². The van der Waals surface area contributed by atoms with Crippen molar-refractivity contribution in [2.45, 2.75) is 20.3 Å². The Morgan fingerprint density at radius 1 is 1.30 bits per heavy atom. The van der Waals surface area contributed by atoms with Gasteiger partial charge in [0.25, 0.3) is 0 Å². The zero-order chi connectivity index (χ0) is 16.8. The number of thiazole rings is 1. The highest BCUT2D eigenvalue weighted by Gasteiger charge is 2.16. The number of hydrogen-bond acceptors (Lipinski definition) is 4. The fourth-order valence-corrected chi connectivity index (χ4v) is 2.71. The minimum atomic E-state index is -0.341. The van der Waals surface area contributed by atoms with Crippen molar-refractivity contribution in [3.63, 3.8) is 0 Å². The van der Waals surface area contributed by atoms with Gasteiger partial charge in [-0.05, 0) is 31.5 Å². The van der Waals surface area contributed by atoms with E-state index in [4.69, 9.17) is 0 Å². The highest BCUT2D eigenvalue weighted by molar-refractivity contribution is 7.13. The van der Waals surface area contributed by atoms with Crippen molar-refractivity contribution in [1.82, 2.24) is 9.88 Å². The lowest BCUT2D eigenvalue weighted by atomic mass is 10.1. The number of hydrogen-bond donors (Lipinski definition) is 1. The monoisotopic (exact) mass is 335 g/mol. The summed E-state index contributed by atoms with van der Waals surface area (Å²) in [5.74, 6) is -0.801. The summed E-state index contributed by atoms with van der Waals surface area (Å²) in [4.78, 5) is 29.9. The summed E-state index contributed by atoms with van der Waals surface area (Å²) >= 11 is 1.34. The number of nitrogens with zero attached hydrogens (tertiary/aromatic N) is 2. The van der Waals surface area contributed by atoms with Gasteiger partial charge < -0.3 is 10.2 Å². The van der Waals surface area contributed by atoms with E-state index < -0.39 is 0 Å². The van der Waals surface area contributed by atoms with Crippen molar-refractivity contribution in [3.05, 3.63) is 46.7 Å². The van der Waals surface area contributed by atoms with Crippen LogP contribution in [0.4, 0.5) is 9.52 Å². The molecule has 1 aromatic carbocycles. The summed E-state index contributed by atoms with van der Waals surface area (Å²) < 4.78 is 12.9. The van der Waals surface area contributed by atoms with Crippen molar-refractivity contribution < 1.29 is 14.0 Å². The third kappa shape index (κ3) is 5.14. The minimum Gasteiger partial charge on any atom is -0.333 e. The Morgan fingerprint density at radius 3 is 2.57 bits per heavy atom. The molecule has 0 fully saturated rings. The van der Waals surface area contributed by atoms with Gasteiger partial charge in [0, 0.05) is 11.9 Å². The number of benzene rings is 1. The lowest BCUT2D eigenvalue weighted by Gasteiger charge is -2.20. The largest absolute Gasteiger partial charge is 0.333 e. The van der Waals surface area contributed by atoms with Gasteiger partial charge in [0.2, 0.25) is 11.8 Å². The van der Waals surface area contributed by atoms with Gasteiger partial charge in [-0.2, -0.15) is 0 Å². The number of anilines is 1. The molecule has 1 aromatic heterocycles. The Balaban J connectivity index is 1.91. The molecule has 0 unspecified atom stereocenters. The first-order chi connectivity index (χ1) is 11.0. The number of carbonyl (C=O) groups excluding carboxylic acids is 2. The molecule has 1 heterocycles. The number of rotatable bonds is 6. The highest BCUT2D eigenvalue weighted by Crippen LogP contribution is 2.14. The molecule has 0 bridgehead atoms. The Kier molecular flexibility index (Phi) is 5.81. The number of amides is 2. The molecule has 2 aromatic rings. The summed E-state index contributed by atoms with van der Waals surface area (Å²) in [6.07, 6.45) is 0.137. The molecule has 5 nitrogen and oxygen atoms in total. The first kappa shape index (κ1) is 17.1. The van der Waals surface area contributed by atoms with E-state index in [2.05, 4.69) is 10.3 Å². The molecule has 122 valence electrons. The molecule has 0 aliphatic rings. The van der Waals surface area contributed by atoms with Gasteiger partial charge in [-0.1, -0.05) is 12.1 Å². The minimum absolute atomic E-state index is 0.0326. The van der Waals surface area contributed by atoms with Gasteiger partial charge in [-0.25, -0.2) is 9.37 Å². The van der Waals surface area contributed by atoms with E-state index in [0.717, 1.165) is 5.69 Å². The maximum atomic E-state index is 12.9. The average Bonchev–Trinajstić information content (AvgIpc) is 2.92. The first-order valence-corrected chi connectivity index (χ1v) is 8.10. The van der Waals surface area contributed by atoms with Crippen molar-refractivity contribution in [3.8, 4) is 0 Å². The van der Waals surface area contributed by atoms with Crippen LogP contribution in [0.1, 0.15) is 18.2 Å². The Bertz CT molecular complexity index is 685. The Morgan fingerprint density at radius 2 is 2.00 bits per heavy atom. The highest BCUT2D eigenvalue weighted by atomic mass is 32.1. The Hall–Kier alpha value is -2.28. The van der Waals surface area contributed by atoms with Gasteiger partial charge in [0.1, 0.15) is 5.82 Å². The molecule has 1 N–H and O–H groups in total. The van der Waals surface area contributed by atoms with Crippen LogP contribution in [0.5, 0.6) is 0 Å². The van der Waals surface area contributed by atoms with E-state index in [1.54, 1.807) is 12.1 Å². The van der Waals surface area contributed by atoms with Gasteiger partial charge >= 0.3 is 0 Å². The lowest BCUT2D eigenvalue weighted by molar-refractivity contribution is -0.133. The van der Waals surface area contributed by atoms with Crippen molar-refractivity contribution in [2.24, 2.45) is 0 Å². The maximum absolute atomic E-state index is 12.9. The summed E-state index contributed by atoms with van der Waals surface area (Å²) in [7, 11) is 0. The summed E-state index contributed by atoms with van der Waals surface area (Å²) in [5, 5.41) is 5.04. The van der Waals surface area contributed by atoms with E-state index in [1.165, 1.54) is 28.4 Å². The summed E-state index contributed by atoms with van der Waals surface area (Å²) in [6.45, 7) is 4.04. The molecular weight excluding hydrogens is 317 g/mol. The van der Waals surface area contributed by atoms with Crippen LogP contribution in [-0.4, -0.2) is 34.8 Å². The van der Waals surface area contributed by atoms with E-state index in [-0.39, 0.29) is 30.6 Å². The SMILES string of the molecule is CCN(CC(=O)Nc1nc(C)cs1)C(=O)Cc1ccc(F)cc1. The van der Waals surface area contributed by atoms with Crippen LogP contribution >= 0.6 is 11.3 Å². The van der Waals surface area contributed by atoms with E-state index in [1.807, 2.05) is 19.2 Å². The number of aromatic nitrogens is 1. The molecule has 0 saturated carbocycles. The van der Waals surface area contributed by atoms with Gasteiger partial charge in [0.05, 0.1) is 18.7 Å². The van der Waals surface area contributed by atoms with E-state index >= 15 is 0 Å². The molecule has 0 spiro atoms. The second kappa shape index (κ2) is 7.82. The van der Waals surface area contributed by atoms with Crippen molar-refractivity contribution in [1.29, 1.82) is 0 Å². The molecule has 7 heteroatoms. The van der Waals surface area contributed by atoms with Crippen LogP contribution in [0.2, 0.25) is 0 Å². The number of aryl methyl sites for hydroxylation is 1. The number of nitrogens with one attached hydrogen (secondary N) is 1. The third-order valence-corrected chi connectivity index (χ3v) is 4.08. The Labute approximate surface area is 138 Å². The zero-order valence-electron chi connectivity index (χ0n) is 13.0. The molecule has 2 amide bonds. The second-order valence-corrected chi connectivity index (χ2v) is 5.91. The zero-order valence-corrected chi connectivity index (χ0v) is 13.8. The molecule has 0 aliphatic heterocycles. The smallest absolute Gasteiger partial charge is 0.245 e. The van der Waals surface area contributed by atoms with Crippen LogP contribution in [-0.2, 0) is 16.0 Å². The van der Waals surface area contributed by atoms with Gasteiger partial charge in [-0.3, -0.25) is 9.59 Å². The quantitative estimate of drug-likeness (QED) is 0.883. The molecule has 0 aliphatic carbocycles. The van der Waals surface area contributed by atoms with Gasteiger partial charge in [0.15, 0.2) is 5.13 Å². The van der Waals surface area contributed by atoms with Crippen LogP contribution in [0.25, 0.3) is 0 Å². The third-order valence-electron chi connectivity index (χ3n) is 3.20. The predicted octanol–water partition coefficient (Wildman–Crippen LogP) is 2.62.